The Labute approximate surface area is 127 Å². The van der Waals surface area contributed by atoms with Crippen LogP contribution in [-0.4, -0.2) is 15.0 Å². The van der Waals surface area contributed by atoms with Crippen molar-refractivity contribution in [2.75, 3.05) is 6.54 Å². The first-order chi connectivity index (χ1) is 9.56. The molecule has 0 aromatic carbocycles. The third kappa shape index (κ3) is 2.70. The van der Waals surface area contributed by atoms with Gasteiger partial charge in [0.25, 0.3) is 0 Å². The van der Waals surface area contributed by atoms with E-state index in [-0.39, 0.29) is 5.41 Å². The molecule has 1 fully saturated rings. The lowest BCUT2D eigenvalue weighted by Crippen LogP contribution is -2.31. The van der Waals surface area contributed by atoms with Crippen molar-refractivity contribution in [2.45, 2.75) is 35.8 Å². The first-order valence-electron chi connectivity index (χ1n) is 6.67. The van der Waals surface area contributed by atoms with Gasteiger partial charge < -0.3 is 0 Å². The number of sulfonamides is 1. The van der Waals surface area contributed by atoms with Gasteiger partial charge in [-0.3, -0.25) is 0 Å². The maximum atomic E-state index is 12.3. The molecule has 6 heteroatoms. The summed E-state index contributed by atoms with van der Waals surface area (Å²) < 4.78 is 27.8. The molecule has 0 atom stereocenters. The van der Waals surface area contributed by atoms with Crippen molar-refractivity contribution in [3.8, 4) is 0 Å². The number of aryl methyl sites for hydroxylation is 1. The van der Waals surface area contributed by atoms with Crippen LogP contribution >= 0.6 is 22.7 Å². The second-order valence-corrected chi connectivity index (χ2v) is 9.13. The molecule has 1 aliphatic carbocycles. The molecule has 1 aliphatic rings. The van der Waals surface area contributed by atoms with Gasteiger partial charge in [-0.25, -0.2) is 13.1 Å². The van der Waals surface area contributed by atoms with Gasteiger partial charge in [-0.15, -0.1) is 11.3 Å². The molecule has 20 heavy (non-hydrogen) atoms. The van der Waals surface area contributed by atoms with Crippen molar-refractivity contribution in [2.24, 2.45) is 0 Å². The van der Waals surface area contributed by atoms with Gasteiger partial charge in [0.2, 0.25) is 10.0 Å². The molecule has 0 unspecified atom stereocenters. The molecule has 108 valence electrons. The summed E-state index contributed by atoms with van der Waals surface area (Å²) in [6, 6.07) is 5.70. The Morgan fingerprint density at radius 3 is 2.65 bits per heavy atom. The van der Waals surface area contributed by atoms with E-state index in [1.54, 1.807) is 17.4 Å². The zero-order chi connectivity index (χ0) is 14.2. The second-order valence-electron chi connectivity index (χ2n) is 5.19. The predicted molar refractivity (Wildman–Crippen MR) is 84.1 cm³/mol. The summed E-state index contributed by atoms with van der Waals surface area (Å²) in [5.41, 5.74) is 1.31. The minimum absolute atomic E-state index is 0.0396. The van der Waals surface area contributed by atoms with Crippen LogP contribution in [0.1, 0.15) is 30.2 Å². The van der Waals surface area contributed by atoms with Crippen LogP contribution in [0.25, 0.3) is 0 Å². The monoisotopic (exact) mass is 327 g/mol. The third-order valence-electron chi connectivity index (χ3n) is 3.84. The number of hydrogen-bond donors (Lipinski definition) is 1. The summed E-state index contributed by atoms with van der Waals surface area (Å²) in [6.45, 7) is 2.54. The Kier molecular flexibility index (Phi) is 3.75. The van der Waals surface area contributed by atoms with Crippen LogP contribution < -0.4 is 4.72 Å². The van der Waals surface area contributed by atoms with Crippen molar-refractivity contribution in [3.05, 3.63) is 39.4 Å². The summed E-state index contributed by atoms with van der Waals surface area (Å²) in [7, 11) is -3.36. The third-order valence-corrected chi connectivity index (χ3v) is 7.64. The SMILES string of the molecule is CCc1ccc(S(=O)(=O)NCC2(c3ccsc3)CC2)s1. The summed E-state index contributed by atoms with van der Waals surface area (Å²) in [5.74, 6) is 0. The Balaban J connectivity index is 1.72. The average molecular weight is 327 g/mol. The van der Waals surface area contributed by atoms with Crippen molar-refractivity contribution in [3.63, 3.8) is 0 Å². The fourth-order valence-corrected chi connectivity index (χ4v) is 5.53. The van der Waals surface area contributed by atoms with E-state index >= 15 is 0 Å². The number of hydrogen-bond acceptors (Lipinski definition) is 4. The van der Waals surface area contributed by atoms with E-state index < -0.39 is 10.0 Å². The van der Waals surface area contributed by atoms with E-state index in [9.17, 15) is 8.42 Å². The lowest BCUT2D eigenvalue weighted by molar-refractivity contribution is 0.569. The Morgan fingerprint density at radius 1 is 1.30 bits per heavy atom. The molecule has 0 saturated heterocycles. The fraction of sp³-hybridized carbons (Fsp3) is 0.429. The quantitative estimate of drug-likeness (QED) is 0.884. The first-order valence-corrected chi connectivity index (χ1v) is 9.91. The molecule has 1 N–H and O–H groups in total. The molecule has 0 radical (unpaired) electrons. The maximum absolute atomic E-state index is 12.3. The highest BCUT2D eigenvalue weighted by molar-refractivity contribution is 7.91. The zero-order valence-electron chi connectivity index (χ0n) is 11.3. The van der Waals surface area contributed by atoms with Gasteiger partial charge >= 0.3 is 0 Å². The minimum Gasteiger partial charge on any atom is -0.210 e. The van der Waals surface area contributed by atoms with E-state index in [0.29, 0.717) is 10.8 Å². The van der Waals surface area contributed by atoms with E-state index in [1.807, 2.05) is 13.0 Å². The van der Waals surface area contributed by atoms with E-state index in [4.69, 9.17) is 0 Å². The lowest BCUT2D eigenvalue weighted by atomic mass is 10.0. The van der Waals surface area contributed by atoms with Crippen molar-refractivity contribution >= 4 is 32.7 Å². The summed E-state index contributed by atoms with van der Waals surface area (Å²) >= 11 is 3.03. The molecule has 2 heterocycles. The molecule has 0 aliphatic heterocycles. The number of thiophene rings is 2. The van der Waals surface area contributed by atoms with E-state index in [0.717, 1.165) is 24.1 Å². The standard InChI is InChI=1S/C14H17NO2S3/c1-2-12-3-4-13(19-12)20(16,17)15-10-14(6-7-14)11-5-8-18-9-11/h3-5,8-9,15H,2,6-7,10H2,1H3. The van der Waals surface area contributed by atoms with Gasteiger partial charge in [0.05, 0.1) is 0 Å². The molecule has 0 spiro atoms. The number of rotatable bonds is 6. The molecule has 2 aromatic rings. The Morgan fingerprint density at radius 2 is 2.10 bits per heavy atom. The molecule has 0 amide bonds. The van der Waals surface area contributed by atoms with Crippen molar-refractivity contribution in [1.82, 2.24) is 4.72 Å². The van der Waals surface area contributed by atoms with Crippen LogP contribution in [0.2, 0.25) is 0 Å². The largest absolute Gasteiger partial charge is 0.250 e. The molecule has 3 nitrogen and oxygen atoms in total. The van der Waals surface area contributed by atoms with Crippen LogP contribution in [-0.2, 0) is 21.9 Å². The van der Waals surface area contributed by atoms with Gasteiger partial charge in [-0.1, -0.05) is 6.92 Å². The van der Waals surface area contributed by atoms with Crippen molar-refractivity contribution in [1.29, 1.82) is 0 Å². The van der Waals surface area contributed by atoms with Crippen LogP contribution in [0.15, 0.2) is 33.2 Å². The highest BCUT2D eigenvalue weighted by atomic mass is 32.2. The number of nitrogens with one attached hydrogen (secondary N) is 1. The first kappa shape index (κ1) is 14.3. The van der Waals surface area contributed by atoms with Gasteiger partial charge in [0.1, 0.15) is 4.21 Å². The normalized spacial score (nSPS) is 17.2. The van der Waals surface area contributed by atoms with Gasteiger partial charge in [-0.05, 0) is 53.8 Å². The van der Waals surface area contributed by atoms with E-state index in [2.05, 4.69) is 21.5 Å². The van der Waals surface area contributed by atoms with Gasteiger partial charge in [0, 0.05) is 16.8 Å². The van der Waals surface area contributed by atoms with Crippen LogP contribution in [0.5, 0.6) is 0 Å². The van der Waals surface area contributed by atoms with Gasteiger partial charge in [0.15, 0.2) is 0 Å². The molecule has 3 rings (SSSR count). The molecule has 1 saturated carbocycles. The zero-order valence-corrected chi connectivity index (χ0v) is 13.7. The smallest absolute Gasteiger partial charge is 0.210 e. The minimum atomic E-state index is -3.36. The van der Waals surface area contributed by atoms with Crippen LogP contribution in [0.3, 0.4) is 0 Å². The highest BCUT2D eigenvalue weighted by Crippen LogP contribution is 2.48. The summed E-state index contributed by atoms with van der Waals surface area (Å²) in [5, 5.41) is 4.18. The fourth-order valence-electron chi connectivity index (χ4n) is 2.28. The Bertz CT molecular complexity index is 682. The molecule has 2 aromatic heterocycles. The van der Waals surface area contributed by atoms with Gasteiger partial charge in [-0.2, -0.15) is 11.3 Å². The molecule has 0 bridgehead atoms. The summed E-state index contributed by atoms with van der Waals surface area (Å²) in [6.07, 6.45) is 3.01. The maximum Gasteiger partial charge on any atom is 0.250 e. The van der Waals surface area contributed by atoms with Crippen molar-refractivity contribution < 1.29 is 8.42 Å². The Hall–Kier alpha value is -0.690. The van der Waals surface area contributed by atoms with Crippen LogP contribution in [0.4, 0.5) is 0 Å². The molecular formula is C14H17NO2S3. The van der Waals surface area contributed by atoms with Crippen LogP contribution in [0, 0.1) is 0 Å². The predicted octanol–water partition coefficient (Wildman–Crippen LogP) is 3.38. The summed E-state index contributed by atoms with van der Waals surface area (Å²) in [4.78, 5) is 1.10. The average Bonchev–Trinajstić information content (AvgIpc) is 2.89. The topological polar surface area (TPSA) is 46.2 Å². The molecular weight excluding hydrogens is 310 g/mol. The lowest BCUT2D eigenvalue weighted by Gasteiger charge is -2.14. The second kappa shape index (κ2) is 5.26. The van der Waals surface area contributed by atoms with E-state index in [1.165, 1.54) is 16.9 Å². The highest BCUT2D eigenvalue weighted by Gasteiger charge is 2.45.